The minimum atomic E-state index is -0.625. The van der Waals surface area contributed by atoms with Crippen LogP contribution in [-0.2, 0) is 0 Å². The van der Waals surface area contributed by atoms with E-state index in [9.17, 15) is 19.7 Å². The molecular weight excluding hydrogens is 410 g/mol. The Labute approximate surface area is 176 Å². The first-order chi connectivity index (χ1) is 14.4. The number of hydrogen-bond acceptors (Lipinski definition) is 5. The molecule has 0 fully saturated rings. The third kappa shape index (κ3) is 4.73. The molecule has 3 aromatic carbocycles. The standard InChI is InChI=1S/C21H16ClN3O5/c1-30-19-10-9-13(11-18(19)25(28)29)20(26)23-14-5-4-6-15(12-14)24-21(27)16-7-2-3-8-17(16)22/h2-12H,1H3,(H,23,26)(H,24,27). The van der Waals surface area contributed by atoms with E-state index in [1.165, 1.54) is 19.2 Å². The molecule has 3 aromatic rings. The number of anilines is 2. The molecule has 0 saturated carbocycles. The summed E-state index contributed by atoms with van der Waals surface area (Å²) in [7, 11) is 1.31. The number of rotatable bonds is 6. The van der Waals surface area contributed by atoms with Crippen molar-refractivity contribution < 1.29 is 19.2 Å². The molecule has 0 saturated heterocycles. The third-order valence-corrected chi connectivity index (χ3v) is 4.46. The number of methoxy groups -OCH3 is 1. The van der Waals surface area contributed by atoms with Gasteiger partial charge >= 0.3 is 5.69 Å². The van der Waals surface area contributed by atoms with Gasteiger partial charge in [0, 0.05) is 23.0 Å². The van der Waals surface area contributed by atoms with Gasteiger partial charge in [-0.3, -0.25) is 19.7 Å². The van der Waals surface area contributed by atoms with Crippen LogP contribution in [0.4, 0.5) is 17.1 Å². The average molecular weight is 426 g/mol. The van der Waals surface area contributed by atoms with Gasteiger partial charge in [-0.1, -0.05) is 29.8 Å². The van der Waals surface area contributed by atoms with Crippen molar-refractivity contribution in [2.24, 2.45) is 0 Å². The Bertz CT molecular complexity index is 1130. The number of nitrogens with zero attached hydrogens (tertiary/aromatic N) is 1. The third-order valence-electron chi connectivity index (χ3n) is 4.13. The van der Waals surface area contributed by atoms with Gasteiger partial charge in [0.05, 0.1) is 22.6 Å². The Balaban J connectivity index is 1.76. The molecule has 0 heterocycles. The molecule has 0 bridgehead atoms. The Morgan fingerprint density at radius 1 is 0.933 bits per heavy atom. The second-order valence-corrected chi connectivity index (χ2v) is 6.52. The van der Waals surface area contributed by atoms with Gasteiger partial charge < -0.3 is 15.4 Å². The molecular formula is C21H16ClN3O5. The van der Waals surface area contributed by atoms with E-state index in [-0.39, 0.29) is 17.0 Å². The Morgan fingerprint density at radius 2 is 1.60 bits per heavy atom. The highest BCUT2D eigenvalue weighted by atomic mass is 35.5. The van der Waals surface area contributed by atoms with Crippen molar-refractivity contribution in [3.63, 3.8) is 0 Å². The van der Waals surface area contributed by atoms with Gasteiger partial charge in [-0.05, 0) is 42.5 Å². The molecule has 0 atom stereocenters. The summed E-state index contributed by atoms with van der Waals surface area (Å²) in [6, 6.07) is 17.0. The fraction of sp³-hybridized carbons (Fsp3) is 0.0476. The molecule has 3 rings (SSSR count). The van der Waals surface area contributed by atoms with Crippen molar-refractivity contribution in [2.45, 2.75) is 0 Å². The largest absolute Gasteiger partial charge is 0.490 e. The molecule has 2 N–H and O–H groups in total. The molecule has 0 aromatic heterocycles. The predicted octanol–water partition coefficient (Wildman–Crippen LogP) is 4.76. The number of hydrogen-bond donors (Lipinski definition) is 2. The van der Waals surface area contributed by atoms with Crippen molar-refractivity contribution in [3.8, 4) is 5.75 Å². The zero-order valence-corrected chi connectivity index (χ0v) is 16.5. The van der Waals surface area contributed by atoms with Crippen LogP contribution in [0.25, 0.3) is 0 Å². The smallest absolute Gasteiger partial charge is 0.311 e. The summed E-state index contributed by atoms with van der Waals surface area (Å²) in [5, 5.41) is 16.8. The molecule has 2 amide bonds. The number of nitro groups is 1. The summed E-state index contributed by atoms with van der Waals surface area (Å²) in [6.07, 6.45) is 0. The topological polar surface area (TPSA) is 111 Å². The Kier molecular flexibility index (Phi) is 6.29. The van der Waals surface area contributed by atoms with E-state index in [4.69, 9.17) is 16.3 Å². The summed E-state index contributed by atoms with van der Waals surface area (Å²) in [4.78, 5) is 35.4. The maximum atomic E-state index is 12.5. The molecule has 0 radical (unpaired) electrons. The van der Waals surface area contributed by atoms with Gasteiger partial charge in [-0.15, -0.1) is 0 Å². The van der Waals surface area contributed by atoms with Gasteiger partial charge in [0.15, 0.2) is 5.75 Å². The molecule has 0 aliphatic rings. The number of amides is 2. The quantitative estimate of drug-likeness (QED) is 0.437. The first kappa shape index (κ1) is 20.8. The monoisotopic (exact) mass is 425 g/mol. The van der Waals surface area contributed by atoms with E-state index in [1.807, 2.05) is 0 Å². The van der Waals surface area contributed by atoms with Crippen LogP contribution in [0.15, 0.2) is 66.7 Å². The number of benzene rings is 3. The SMILES string of the molecule is COc1ccc(C(=O)Nc2cccc(NC(=O)c3ccccc3Cl)c2)cc1[N+](=O)[O-]. The molecule has 0 aliphatic heterocycles. The van der Waals surface area contributed by atoms with Crippen LogP contribution in [-0.4, -0.2) is 23.8 Å². The average Bonchev–Trinajstić information content (AvgIpc) is 2.73. The molecule has 9 heteroatoms. The number of nitro benzene ring substituents is 1. The van der Waals surface area contributed by atoms with E-state index >= 15 is 0 Å². The summed E-state index contributed by atoms with van der Waals surface area (Å²) in [6.45, 7) is 0. The summed E-state index contributed by atoms with van der Waals surface area (Å²) in [5.74, 6) is -0.883. The zero-order valence-electron chi connectivity index (χ0n) is 15.7. The molecule has 30 heavy (non-hydrogen) atoms. The number of carbonyl (C=O) groups excluding carboxylic acids is 2. The van der Waals surface area contributed by atoms with E-state index < -0.39 is 16.7 Å². The highest BCUT2D eigenvalue weighted by molar-refractivity contribution is 6.34. The van der Waals surface area contributed by atoms with Crippen LogP contribution in [0.3, 0.4) is 0 Å². The van der Waals surface area contributed by atoms with Gasteiger partial charge in [-0.2, -0.15) is 0 Å². The second-order valence-electron chi connectivity index (χ2n) is 6.11. The first-order valence-corrected chi connectivity index (χ1v) is 9.06. The van der Waals surface area contributed by atoms with E-state index in [1.54, 1.807) is 48.5 Å². The first-order valence-electron chi connectivity index (χ1n) is 8.69. The van der Waals surface area contributed by atoms with Gasteiger partial charge in [0.25, 0.3) is 11.8 Å². The molecule has 0 unspecified atom stereocenters. The number of carbonyl (C=O) groups is 2. The molecule has 0 aliphatic carbocycles. The summed E-state index contributed by atoms with van der Waals surface area (Å²) >= 11 is 6.04. The minimum Gasteiger partial charge on any atom is -0.490 e. The van der Waals surface area contributed by atoms with Gasteiger partial charge in [-0.25, -0.2) is 0 Å². The van der Waals surface area contributed by atoms with Crippen LogP contribution in [0.5, 0.6) is 5.75 Å². The van der Waals surface area contributed by atoms with E-state index in [0.717, 1.165) is 6.07 Å². The lowest BCUT2D eigenvalue weighted by atomic mass is 10.1. The Morgan fingerprint density at radius 3 is 2.23 bits per heavy atom. The van der Waals surface area contributed by atoms with Crippen LogP contribution in [0.1, 0.15) is 20.7 Å². The van der Waals surface area contributed by atoms with Crippen LogP contribution >= 0.6 is 11.6 Å². The van der Waals surface area contributed by atoms with Gasteiger partial charge in [0.2, 0.25) is 0 Å². The van der Waals surface area contributed by atoms with E-state index in [0.29, 0.717) is 22.0 Å². The van der Waals surface area contributed by atoms with Crippen molar-refractivity contribution in [2.75, 3.05) is 17.7 Å². The van der Waals surface area contributed by atoms with Crippen LogP contribution in [0, 0.1) is 10.1 Å². The lowest BCUT2D eigenvalue weighted by Gasteiger charge is -2.10. The number of nitrogens with one attached hydrogen (secondary N) is 2. The molecule has 0 spiro atoms. The fourth-order valence-corrected chi connectivity index (χ4v) is 2.92. The number of halogens is 1. The van der Waals surface area contributed by atoms with Crippen molar-refractivity contribution >= 4 is 40.5 Å². The lowest BCUT2D eigenvalue weighted by Crippen LogP contribution is -2.14. The van der Waals surface area contributed by atoms with Crippen molar-refractivity contribution in [1.82, 2.24) is 0 Å². The zero-order chi connectivity index (χ0) is 21.7. The maximum Gasteiger partial charge on any atom is 0.311 e. The molecule has 8 nitrogen and oxygen atoms in total. The lowest BCUT2D eigenvalue weighted by molar-refractivity contribution is -0.385. The summed E-state index contributed by atoms with van der Waals surface area (Å²) < 4.78 is 4.93. The van der Waals surface area contributed by atoms with E-state index in [2.05, 4.69) is 10.6 Å². The number of ether oxygens (including phenoxy) is 1. The highest BCUT2D eigenvalue weighted by Crippen LogP contribution is 2.28. The van der Waals surface area contributed by atoms with Crippen LogP contribution < -0.4 is 15.4 Å². The van der Waals surface area contributed by atoms with Crippen molar-refractivity contribution in [1.29, 1.82) is 0 Å². The fourth-order valence-electron chi connectivity index (χ4n) is 2.70. The summed E-state index contributed by atoms with van der Waals surface area (Å²) in [5.41, 5.74) is 0.937. The van der Waals surface area contributed by atoms with Gasteiger partial charge in [0.1, 0.15) is 0 Å². The predicted molar refractivity (Wildman–Crippen MR) is 113 cm³/mol. The maximum absolute atomic E-state index is 12.5. The normalized spacial score (nSPS) is 10.2. The molecule has 152 valence electrons. The van der Waals surface area contributed by atoms with Crippen LogP contribution in [0.2, 0.25) is 5.02 Å². The highest BCUT2D eigenvalue weighted by Gasteiger charge is 2.18. The van der Waals surface area contributed by atoms with Crippen molar-refractivity contribution in [3.05, 3.63) is 93.0 Å². The second kappa shape index (κ2) is 9.06. The minimum absolute atomic E-state index is 0.0563. The Hall–Kier alpha value is -3.91.